The van der Waals surface area contributed by atoms with Gasteiger partial charge in [-0.05, 0) is 163 Å². The van der Waals surface area contributed by atoms with Crippen LogP contribution in [0.2, 0.25) is 0 Å². The SMILES string of the molecule is Brc1ccc(-c2nnc(-c3ccccc3)o2)cc1.O=COOOOOOOOOO.OOOOOOOOOOOBr.c1ccc(-c2nnc(-c3ccc(-n4c5ccccc5c5ccccc54)cc3)o2)cc1.c1ccc2c(c1)[nH]c1ccccc12. The number of para-hydroxylation sites is 4. The zero-order chi connectivity index (χ0) is 59.1. The largest absolute Gasteiger partial charge is 0.416 e. The number of aromatic amines is 1. The number of hydrogen-bond donors (Lipinski definition) is 3. The number of fused-ring (bicyclic) bond motifs is 6. The summed E-state index contributed by atoms with van der Waals surface area (Å²) in [5, 5.41) is 93.2. The first-order valence-corrected chi connectivity index (χ1v) is 25.0. The first-order valence-electron chi connectivity index (χ1n) is 23.6. The summed E-state index contributed by atoms with van der Waals surface area (Å²) in [6.07, 6.45) is 0. The number of aromatic nitrogens is 6. The van der Waals surface area contributed by atoms with Gasteiger partial charge in [-0.1, -0.05) is 125 Å². The summed E-state index contributed by atoms with van der Waals surface area (Å²) in [5.41, 5.74) is 9.55. The maximum Gasteiger partial charge on any atom is 0.334 e. The van der Waals surface area contributed by atoms with Crippen LogP contribution < -0.4 is 0 Å². The minimum Gasteiger partial charge on any atom is -0.416 e. The zero-order valence-corrected chi connectivity index (χ0v) is 45.7. The van der Waals surface area contributed by atoms with Crippen LogP contribution in [-0.2, 0) is 99.3 Å². The van der Waals surface area contributed by atoms with E-state index in [0.717, 1.165) is 32.4 Å². The third-order valence-electron chi connectivity index (χ3n) is 10.9. The molecule has 32 heteroatoms. The van der Waals surface area contributed by atoms with Gasteiger partial charge < -0.3 is 18.4 Å². The van der Waals surface area contributed by atoms with Gasteiger partial charge in [0.2, 0.25) is 23.6 Å². The second kappa shape index (κ2) is 34.8. The van der Waals surface area contributed by atoms with Crippen molar-refractivity contribution in [2.45, 2.75) is 0 Å². The van der Waals surface area contributed by atoms with E-state index in [1.165, 1.54) is 43.6 Å². The van der Waals surface area contributed by atoms with E-state index in [2.05, 4.69) is 266 Å². The summed E-state index contributed by atoms with van der Waals surface area (Å²) in [6.45, 7) is -0.108. The molecule has 0 saturated heterocycles. The lowest BCUT2D eigenvalue weighted by atomic mass is 10.2. The van der Waals surface area contributed by atoms with Gasteiger partial charge in [-0.15, -0.1) is 24.4 Å². The Bertz CT molecular complexity index is 3730. The Hall–Kier alpha value is -8.73. The maximum absolute atomic E-state index is 9.34. The number of halogens is 2. The Morgan fingerprint density at radius 1 is 0.388 bits per heavy atom. The van der Waals surface area contributed by atoms with E-state index in [1.807, 2.05) is 97.1 Å². The molecule has 0 amide bonds. The second-order valence-electron chi connectivity index (χ2n) is 15.6. The average molecular weight is 1300 g/mol. The third-order valence-corrected chi connectivity index (χ3v) is 11.5. The molecular formula is C53H38Br2N6O24. The van der Waals surface area contributed by atoms with Crippen LogP contribution in [-0.4, -0.2) is 46.9 Å². The highest BCUT2D eigenvalue weighted by atomic mass is 79.9. The van der Waals surface area contributed by atoms with Crippen molar-refractivity contribution in [2.75, 3.05) is 0 Å². The van der Waals surface area contributed by atoms with Crippen molar-refractivity contribution >= 4 is 82.3 Å². The molecule has 85 heavy (non-hydrogen) atoms. The smallest absolute Gasteiger partial charge is 0.334 e. The van der Waals surface area contributed by atoms with Gasteiger partial charge in [-0.3, -0.25) is 9.68 Å². The number of nitrogens with zero attached hydrogens (tertiary/aromatic N) is 5. The lowest BCUT2D eigenvalue weighted by molar-refractivity contribution is -0.851. The van der Waals surface area contributed by atoms with Gasteiger partial charge in [0, 0.05) is 85.1 Å². The molecule has 4 aromatic heterocycles. The third kappa shape index (κ3) is 18.6. The number of carbonyl (C=O) groups is 1. The Morgan fingerprint density at radius 2 is 0.729 bits per heavy atom. The Balaban J connectivity index is 0.000000148. The molecule has 0 spiro atoms. The van der Waals surface area contributed by atoms with E-state index >= 15 is 0 Å². The fourth-order valence-electron chi connectivity index (χ4n) is 7.61. The van der Waals surface area contributed by atoms with E-state index in [-0.39, 0.29) is 6.47 Å². The highest BCUT2D eigenvalue weighted by Gasteiger charge is 2.15. The quantitative estimate of drug-likeness (QED) is 0.0232. The van der Waals surface area contributed by atoms with E-state index in [9.17, 15) is 4.79 Å². The van der Waals surface area contributed by atoms with Crippen LogP contribution >= 0.6 is 32.2 Å². The van der Waals surface area contributed by atoms with E-state index < -0.39 is 0 Å². The number of nitrogens with one attached hydrogen (secondary N) is 1. The normalized spacial score (nSPS) is 10.8. The lowest BCUT2D eigenvalue weighted by Crippen LogP contribution is -2.01. The van der Waals surface area contributed by atoms with Crippen LogP contribution in [0, 0.1) is 0 Å². The fraction of sp³-hybridized carbons (Fsp3) is 0. The highest BCUT2D eigenvalue weighted by Crippen LogP contribution is 2.33. The van der Waals surface area contributed by atoms with Gasteiger partial charge >= 0.3 is 6.47 Å². The van der Waals surface area contributed by atoms with Gasteiger partial charge in [0.15, 0.2) is 0 Å². The molecule has 0 aliphatic rings. The zero-order valence-electron chi connectivity index (χ0n) is 42.6. The van der Waals surface area contributed by atoms with Crippen molar-refractivity contribution in [2.24, 2.45) is 0 Å². The molecule has 12 aromatic rings. The molecule has 8 aromatic carbocycles. The molecule has 30 nitrogen and oxygen atoms in total. The van der Waals surface area contributed by atoms with E-state index in [1.54, 1.807) is 0 Å². The van der Waals surface area contributed by atoms with Crippen LogP contribution in [0.1, 0.15) is 0 Å². The van der Waals surface area contributed by atoms with Gasteiger partial charge in [0.05, 0.1) is 11.0 Å². The van der Waals surface area contributed by atoms with Crippen LogP contribution in [0.15, 0.2) is 220 Å². The van der Waals surface area contributed by atoms with Crippen LogP contribution in [0.3, 0.4) is 0 Å². The second-order valence-corrected chi connectivity index (χ2v) is 16.8. The maximum atomic E-state index is 9.34. The summed E-state index contributed by atoms with van der Waals surface area (Å²) >= 11 is 5.70. The van der Waals surface area contributed by atoms with Crippen molar-refractivity contribution in [3.8, 4) is 51.5 Å². The predicted molar refractivity (Wildman–Crippen MR) is 289 cm³/mol. The Kier molecular flexibility index (Phi) is 25.5. The topological polar surface area (TPSA) is 331 Å². The van der Waals surface area contributed by atoms with Crippen molar-refractivity contribution in [3.05, 3.63) is 211 Å². The van der Waals surface area contributed by atoms with E-state index in [4.69, 9.17) is 19.3 Å². The number of H-pyrrole nitrogens is 1. The Labute approximate surface area is 491 Å². The summed E-state index contributed by atoms with van der Waals surface area (Å²) in [6, 6.07) is 69.3. The summed E-state index contributed by atoms with van der Waals surface area (Å²) in [4.78, 5) is 16.2. The molecule has 3 N–H and O–H groups in total. The molecule has 0 radical (unpaired) electrons. The minimum absolute atomic E-state index is 0.108. The highest BCUT2D eigenvalue weighted by molar-refractivity contribution is 9.10. The molecule has 0 aliphatic carbocycles. The number of benzene rings is 8. The van der Waals surface area contributed by atoms with Gasteiger partial charge in [0.1, 0.15) is 16.3 Å². The lowest BCUT2D eigenvalue weighted by Gasteiger charge is -2.08. The van der Waals surface area contributed by atoms with Crippen LogP contribution in [0.5, 0.6) is 0 Å². The molecule has 438 valence electrons. The first kappa shape index (κ1) is 62.3. The molecular weight excluding hydrogens is 1260 g/mol. The molecule has 0 fully saturated rings. The summed E-state index contributed by atoms with van der Waals surface area (Å²) < 4.78 is 18.5. The van der Waals surface area contributed by atoms with Gasteiger partial charge in [0.25, 0.3) is 0 Å². The van der Waals surface area contributed by atoms with Crippen molar-refractivity contribution < 1.29 is 119 Å². The summed E-state index contributed by atoms with van der Waals surface area (Å²) in [5.74, 6) is 2.11. The molecule has 0 saturated carbocycles. The number of hydrogen-bond acceptors (Lipinski definition) is 28. The van der Waals surface area contributed by atoms with Crippen molar-refractivity contribution in [1.82, 2.24) is 29.9 Å². The average Bonchev–Trinajstić information content (AvgIpc) is 2.11. The van der Waals surface area contributed by atoms with Gasteiger partial charge in [-0.2, -0.15) is 0 Å². The Morgan fingerprint density at radius 3 is 1.14 bits per heavy atom. The molecule has 4 heterocycles. The van der Waals surface area contributed by atoms with Crippen molar-refractivity contribution in [3.63, 3.8) is 0 Å². The fourth-order valence-corrected chi connectivity index (χ4v) is 7.92. The number of rotatable bonds is 23. The number of carbonyl (C=O) groups excluding carboxylic acids is 1. The standard InChI is InChI=1S/C26H17N3O.C14H9BrN2O.C12H9N.CH2O11.BrHO11/c1-2-8-18(9-3-1)25-27-28-26(30-25)19-14-16-20(17-15-19)29-23-12-6-4-10-21(23)22-11-5-7-13-24(22)29;15-12-8-6-11(7-9-12)14-17-16-13(18-14)10-4-2-1-3-5-10;1-3-7-11-9(5-1)10-6-2-4-8-12(10)13-11;2-1-4-6-8-10-12-11-9-7-5-3;1-3-5-7-9-11-12-10-8-6-4-2/h1-17H;1-9H;1-8,13H;1,3H;2H. The van der Waals surface area contributed by atoms with Gasteiger partial charge in [-0.25, -0.2) is 10.5 Å². The van der Waals surface area contributed by atoms with E-state index in [0.29, 0.717) is 23.6 Å². The molecule has 0 unspecified atom stereocenters. The monoisotopic (exact) mass is 1300 g/mol. The molecule has 0 atom stereocenters. The molecule has 0 bridgehead atoms. The minimum atomic E-state index is -0.108. The van der Waals surface area contributed by atoms with Crippen LogP contribution in [0.4, 0.5) is 0 Å². The first-order chi connectivity index (χ1) is 42.0. The molecule has 0 aliphatic heterocycles. The predicted octanol–water partition coefficient (Wildman–Crippen LogP) is 13.2. The molecule has 12 rings (SSSR count). The van der Waals surface area contributed by atoms with Crippen LogP contribution in [0.25, 0.3) is 95.1 Å². The van der Waals surface area contributed by atoms with Crippen molar-refractivity contribution in [1.29, 1.82) is 0 Å². The summed E-state index contributed by atoms with van der Waals surface area (Å²) in [7, 11) is 0.